The fraction of sp³-hybridized carbons (Fsp3) is 0.448. The van der Waals surface area contributed by atoms with Crippen LogP contribution < -0.4 is 10.5 Å². The lowest BCUT2D eigenvalue weighted by Crippen LogP contribution is -2.49. The van der Waals surface area contributed by atoms with Gasteiger partial charge in [-0.05, 0) is 84.8 Å². The number of tetrazole rings is 1. The maximum Gasteiger partial charge on any atom is 0.253 e. The van der Waals surface area contributed by atoms with E-state index in [0.29, 0.717) is 17.9 Å². The Labute approximate surface area is 222 Å². The number of hydrogen-bond donors (Lipinski definition) is 1. The Morgan fingerprint density at radius 3 is 2.71 bits per heavy atom. The minimum Gasteiger partial charge on any atom is -0.376 e. The van der Waals surface area contributed by atoms with E-state index in [-0.39, 0.29) is 17.7 Å². The number of nitrogens with one attached hydrogen (secondary N) is 1. The van der Waals surface area contributed by atoms with Crippen LogP contribution in [0.5, 0.6) is 0 Å². The topological polar surface area (TPSA) is 92.2 Å². The number of aromatic amines is 1. The molecule has 2 fully saturated rings. The summed E-state index contributed by atoms with van der Waals surface area (Å²) in [5.41, 5.74) is 6.46. The van der Waals surface area contributed by atoms with E-state index in [1.54, 1.807) is 0 Å². The first-order chi connectivity index (χ1) is 18.5. The van der Waals surface area contributed by atoms with Crippen molar-refractivity contribution in [3.8, 4) is 0 Å². The molecule has 2 aromatic carbocycles. The van der Waals surface area contributed by atoms with Gasteiger partial charge in [0, 0.05) is 49.6 Å². The molecular formula is C29H35N7O2. The van der Waals surface area contributed by atoms with Crippen LogP contribution in [0, 0.1) is 20.8 Å². The van der Waals surface area contributed by atoms with Crippen molar-refractivity contribution in [3.05, 3.63) is 80.9 Å². The van der Waals surface area contributed by atoms with Gasteiger partial charge >= 0.3 is 0 Å². The van der Waals surface area contributed by atoms with Gasteiger partial charge in [0.25, 0.3) is 5.56 Å². The van der Waals surface area contributed by atoms with E-state index in [9.17, 15) is 4.79 Å². The third kappa shape index (κ3) is 4.72. The quantitative estimate of drug-likeness (QED) is 0.422. The van der Waals surface area contributed by atoms with Gasteiger partial charge in [0.1, 0.15) is 6.04 Å². The van der Waals surface area contributed by atoms with E-state index >= 15 is 0 Å². The molecule has 0 bridgehead atoms. The molecule has 4 heterocycles. The minimum atomic E-state index is -0.360. The van der Waals surface area contributed by atoms with Crippen molar-refractivity contribution in [2.45, 2.75) is 52.3 Å². The Morgan fingerprint density at radius 2 is 1.92 bits per heavy atom. The molecule has 2 atom stereocenters. The fourth-order valence-electron chi connectivity index (χ4n) is 5.86. The van der Waals surface area contributed by atoms with Gasteiger partial charge in [0.05, 0.1) is 12.6 Å². The van der Waals surface area contributed by atoms with Gasteiger partial charge in [0.15, 0.2) is 5.82 Å². The number of rotatable bonds is 6. The summed E-state index contributed by atoms with van der Waals surface area (Å²) in [5, 5.41) is 13.9. The maximum atomic E-state index is 13.5. The van der Waals surface area contributed by atoms with Gasteiger partial charge in [0.2, 0.25) is 0 Å². The summed E-state index contributed by atoms with van der Waals surface area (Å²) in [5.74, 6) is 0.693. The Morgan fingerprint density at radius 1 is 1.08 bits per heavy atom. The molecule has 2 aliphatic rings. The first-order valence-corrected chi connectivity index (χ1v) is 13.5. The second-order valence-corrected chi connectivity index (χ2v) is 10.6. The fourth-order valence-corrected chi connectivity index (χ4v) is 5.86. The molecule has 2 aliphatic heterocycles. The average molecular weight is 514 g/mol. The molecule has 2 saturated heterocycles. The van der Waals surface area contributed by atoms with Gasteiger partial charge in [-0.2, -0.15) is 0 Å². The Balaban J connectivity index is 1.37. The molecule has 0 amide bonds. The van der Waals surface area contributed by atoms with Crippen molar-refractivity contribution in [3.63, 3.8) is 0 Å². The van der Waals surface area contributed by atoms with E-state index < -0.39 is 0 Å². The number of aromatic nitrogens is 5. The van der Waals surface area contributed by atoms with Crippen LogP contribution >= 0.6 is 0 Å². The van der Waals surface area contributed by atoms with Crippen molar-refractivity contribution in [2.75, 3.05) is 37.7 Å². The van der Waals surface area contributed by atoms with Crippen LogP contribution in [-0.2, 0) is 11.3 Å². The molecule has 0 aliphatic carbocycles. The summed E-state index contributed by atoms with van der Waals surface area (Å²) in [7, 11) is 0. The van der Waals surface area contributed by atoms with Gasteiger partial charge in [-0.3, -0.25) is 9.69 Å². The molecule has 4 aromatic rings. The summed E-state index contributed by atoms with van der Waals surface area (Å²) < 4.78 is 7.73. The molecule has 0 spiro atoms. The predicted molar refractivity (Wildman–Crippen MR) is 148 cm³/mol. The lowest BCUT2D eigenvalue weighted by molar-refractivity contribution is 0.0906. The van der Waals surface area contributed by atoms with Crippen LogP contribution in [0.1, 0.15) is 47.0 Å². The number of benzene rings is 2. The summed E-state index contributed by atoms with van der Waals surface area (Å²) in [6.45, 7) is 11.1. The van der Waals surface area contributed by atoms with Crippen molar-refractivity contribution in [2.24, 2.45) is 0 Å². The van der Waals surface area contributed by atoms with Crippen LogP contribution in [0.2, 0.25) is 0 Å². The molecule has 9 heteroatoms. The van der Waals surface area contributed by atoms with Crippen molar-refractivity contribution in [1.29, 1.82) is 0 Å². The number of pyridine rings is 1. The van der Waals surface area contributed by atoms with Gasteiger partial charge in [-0.15, -0.1) is 5.10 Å². The van der Waals surface area contributed by atoms with E-state index in [1.807, 2.05) is 22.9 Å². The van der Waals surface area contributed by atoms with Crippen LogP contribution in [-0.4, -0.2) is 69.0 Å². The summed E-state index contributed by atoms with van der Waals surface area (Å²) in [4.78, 5) is 21.4. The highest BCUT2D eigenvalue weighted by atomic mass is 16.5. The van der Waals surface area contributed by atoms with Crippen molar-refractivity contribution in [1.82, 2.24) is 30.1 Å². The summed E-state index contributed by atoms with van der Waals surface area (Å²) in [6.07, 6.45) is 2.14. The molecule has 6 rings (SSSR count). The van der Waals surface area contributed by atoms with Gasteiger partial charge < -0.3 is 14.6 Å². The first-order valence-electron chi connectivity index (χ1n) is 13.5. The molecule has 2 aromatic heterocycles. The molecular weight excluding hydrogens is 478 g/mol. The average Bonchev–Trinajstić information content (AvgIpc) is 3.60. The Kier molecular flexibility index (Phi) is 6.71. The number of anilines is 1. The Bertz CT molecular complexity index is 1500. The van der Waals surface area contributed by atoms with E-state index in [2.05, 4.69) is 75.3 Å². The lowest BCUT2D eigenvalue weighted by atomic mass is 10.0. The van der Waals surface area contributed by atoms with E-state index in [4.69, 9.17) is 4.74 Å². The molecule has 1 N–H and O–H groups in total. The zero-order valence-corrected chi connectivity index (χ0v) is 22.4. The lowest BCUT2D eigenvalue weighted by Gasteiger charge is -2.40. The molecule has 9 nitrogen and oxygen atoms in total. The first kappa shape index (κ1) is 24.8. The van der Waals surface area contributed by atoms with Gasteiger partial charge in [-0.25, -0.2) is 4.68 Å². The van der Waals surface area contributed by atoms with Crippen LogP contribution in [0.4, 0.5) is 5.69 Å². The monoisotopic (exact) mass is 513 g/mol. The van der Waals surface area contributed by atoms with Crippen LogP contribution in [0.15, 0.2) is 47.3 Å². The smallest absolute Gasteiger partial charge is 0.253 e. The zero-order chi connectivity index (χ0) is 26.2. The second kappa shape index (κ2) is 10.3. The normalized spacial score (nSPS) is 19.3. The highest BCUT2D eigenvalue weighted by molar-refractivity contribution is 5.79. The number of fused-ring (bicyclic) bond motifs is 1. The third-order valence-electron chi connectivity index (χ3n) is 8.12. The maximum absolute atomic E-state index is 13.5. The standard InChI is InChI=1S/C29H35N7O2/c1-19-9-10-25-22(16-19)17-24(29(37)30-25)27(28-31-32-33-36(28)18-23-7-5-15-38-23)35-13-11-34(12-14-35)26-8-4-6-20(2)21(26)3/h4,6,8-10,16-17,23,27H,5,7,11-15,18H2,1-3H3,(H,30,37)/t23-,27-/m0/s1. The van der Waals surface area contributed by atoms with Crippen LogP contribution in [0.25, 0.3) is 10.9 Å². The third-order valence-corrected chi connectivity index (χ3v) is 8.12. The number of hydrogen-bond acceptors (Lipinski definition) is 7. The number of aryl methyl sites for hydroxylation is 2. The molecule has 0 unspecified atom stereocenters. The zero-order valence-electron chi connectivity index (χ0n) is 22.4. The Hall–Kier alpha value is -3.56. The SMILES string of the molecule is Cc1ccc2[nH]c(=O)c([C@@H](c3nnnn3C[C@@H]3CCCO3)N3CCN(c4cccc(C)c4C)CC3)cc2c1. The number of nitrogens with zero attached hydrogens (tertiary/aromatic N) is 6. The van der Waals surface area contributed by atoms with Crippen molar-refractivity contribution < 1.29 is 4.74 Å². The minimum absolute atomic E-state index is 0.0941. The molecule has 0 saturated carbocycles. The van der Waals surface area contributed by atoms with E-state index in [0.717, 1.165) is 62.1 Å². The van der Waals surface area contributed by atoms with Gasteiger partial charge in [-0.1, -0.05) is 23.8 Å². The molecule has 198 valence electrons. The highest BCUT2D eigenvalue weighted by Crippen LogP contribution is 2.31. The van der Waals surface area contributed by atoms with E-state index in [1.165, 1.54) is 16.8 Å². The number of H-pyrrole nitrogens is 1. The van der Waals surface area contributed by atoms with Crippen molar-refractivity contribution >= 4 is 16.6 Å². The molecule has 38 heavy (non-hydrogen) atoms. The second-order valence-electron chi connectivity index (χ2n) is 10.6. The summed E-state index contributed by atoms with van der Waals surface area (Å²) in [6, 6.07) is 14.2. The predicted octanol–water partition coefficient (Wildman–Crippen LogP) is 3.53. The molecule has 0 radical (unpaired) electrons. The number of ether oxygens (including phenoxy) is 1. The summed E-state index contributed by atoms with van der Waals surface area (Å²) >= 11 is 0. The largest absolute Gasteiger partial charge is 0.376 e. The van der Waals surface area contributed by atoms with Crippen LogP contribution in [0.3, 0.4) is 0 Å². The number of piperazine rings is 1. The highest BCUT2D eigenvalue weighted by Gasteiger charge is 2.33.